The average molecular weight is 330 g/mol. The van der Waals surface area contributed by atoms with Crippen LogP contribution in [0.25, 0.3) is 0 Å². The molecule has 1 N–H and O–H groups in total. The van der Waals surface area contributed by atoms with Gasteiger partial charge >= 0.3 is 24.8 Å². The van der Waals surface area contributed by atoms with E-state index in [9.17, 15) is 4.79 Å². The number of carbonyl (C=O) groups is 1. The third kappa shape index (κ3) is 4.46. The molecule has 21 heavy (non-hydrogen) atoms. The second-order valence-corrected chi connectivity index (χ2v) is 5.21. The molecule has 1 aliphatic rings. The van der Waals surface area contributed by atoms with Gasteiger partial charge in [0, 0.05) is 6.54 Å². The maximum atomic E-state index is 11.1. The molecule has 0 amide bonds. The first-order valence-electron chi connectivity index (χ1n) is 5.87. The number of epoxide rings is 1. The third-order valence-electron chi connectivity index (χ3n) is 2.70. The molecule has 0 radical (unpaired) electrons. The molecule has 7 nitrogen and oxygen atoms in total. The number of hydrogen-bond acceptors (Lipinski definition) is 6. The van der Waals surface area contributed by atoms with Gasteiger partial charge in [-0.3, -0.25) is 4.84 Å². The van der Waals surface area contributed by atoms with Crippen LogP contribution in [0.1, 0.15) is 25.8 Å². The molecular formula is C11H14Cl2LiN3O4. The number of aromatic nitrogens is 2. The fourth-order valence-corrected chi connectivity index (χ4v) is 1.86. The zero-order valence-corrected chi connectivity index (χ0v) is 13.4. The predicted octanol–water partition coefficient (Wildman–Crippen LogP) is -0.855. The second kappa shape index (κ2) is 7.14. The summed E-state index contributed by atoms with van der Waals surface area (Å²) in [6.45, 7) is 5.04. The van der Waals surface area contributed by atoms with Crippen molar-refractivity contribution in [2.24, 2.45) is 0 Å². The summed E-state index contributed by atoms with van der Waals surface area (Å²) in [6.07, 6.45) is 0. The first-order valence-corrected chi connectivity index (χ1v) is 6.62. The number of ether oxygens (including phenoxy) is 1. The number of aromatic carboxylic acids is 1. The molecule has 0 unspecified atom stereocenters. The van der Waals surface area contributed by atoms with Crippen molar-refractivity contribution < 1.29 is 39.8 Å². The van der Waals surface area contributed by atoms with Gasteiger partial charge in [-0.2, -0.15) is 4.98 Å². The molecule has 1 aromatic rings. The molecule has 1 saturated heterocycles. The molecule has 10 heteroatoms. The van der Waals surface area contributed by atoms with Crippen LogP contribution in [-0.2, 0) is 9.57 Å². The van der Waals surface area contributed by atoms with E-state index in [2.05, 4.69) is 9.97 Å². The SMILES string of the molecule is CCN(OC[C@@]1(C)CO1)c1nc(Cl)nc(C(=O)O)c1Cl.[H-].[Li+]. The summed E-state index contributed by atoms with van der Waals surface area (Å²) in [5.41, 5.74) is -0.676. The largest absolute Gasteiger partial charge is 1.00 e. The molecule has 2 rings (SSSR count). The van der Waals surface area contributed by atoms with E-state index in [0.29, 0.717) is 19.8 Å². The van der Waals surface area contributed by atoms with Crippen LogP contribution in [-0.4, -0.2) is 46.4 Å². The summed E-state index contributed by atoms with van der Waals surface area (Å²) in [6, 6.07) is 0. The Kier molecular flexibility index (Phi) is 6.29. The van der Waals surface area contributed by atoms with E-state index in [0.717, 1.165) is 0 Å². The van der Waals surface area contributed by atoms with E-state index in [-0.39, 0.29) is 47.7 Å². The molecule has 1 fully saturated rings. The smallest absolute Gasteiger partial charge is 1.00 e. The standard InChI is InChI=1S/C11H13Cl2N3O4.Li.H/c1-3-16(20-5-11(2)4-19-11)8-6(12)7(9(17)18)14-10(13)15-8;;/h3-5H2,1-2H3,(H,17,18);;/q;+1;-1/t11-;;/m1../s1. The van der Waals surface area contributed by atoms with Crippen molar-refractivity contribution in [3.63, 3.8) is 0 Å². The van der Waals surface area contributed by atoms with Gasteiger partial charge in [0.2, 0.25) is 5.28 Å². The molecule has 0 saturated carbocycles. The van der Waals surface area contributed by atoms with Crippen molar-refractivity contribution in [3.8, 4) is 0 Å². The Morgan fingerprint density at radius 3 is 2.67 bits per heavy atom. The van der Waals surface area contributed by atoms with Gasteiger partial charge in [0.1, 0.15) is 17.2 Å². The minimum atomic E-state index is -1.28. The van der Waals surface area contributed by atoms with E-state index in [4.69, 9.17) is 37.9 Å². The van der Waals surface area contributed by atoms with Crippen LogP contribution in [0.2, 0.25) is 10.3 Å². The minimum Gasteiger partial charge on any atom is -1.00 e. The zero-order chi connectivity index (χ0) is 14.9. The van der Waals surface area contributed by atoms with E-state index in [1.807, 2.05) is 13.8 Å². The molecule has 0 aromatic carbocycles. The van der Waals surface area contributed by atoms with Crippen LogP contribution < -0.4 is 23.9 Å². The molecule has 1 aromatic heterocycles. The van der Waals surface area contributed by atoms with Crippen molar-refractivity contribution in [2.75, 3.05) is 24.8 Å². The van der Waals surface area contributed by atoms with Crippen LogP contribution in [0, 0.1) is 0 Å². The number of halogens is 2. The first-order chi connectivity index (χ1) is 9.36. The van der Waals surface area contributed by atoms with Crippen molar-refractivity contribution in [2.45, 2.75) is 19.4 Å². The van der Waals surface area contributed by atoms with E-state index >= 15 is 0 Å². The Labute approximate surface area is 145 Å². The van der Waals surface area contributed by atoms with Crippen LogP contribution >= 0.6 is 23.2 Å². The van der Waals surface area contributed by atoms with Gasteiger partial charge in [-0.1, -0.05) is 11.6 Å². The van der Waals surface area contributed by atoms with E-state index in [1.54, 1.807) is 0 Å². The molecule has 112 valence electrons. The molecule has 1 aliphatic heterocycles. The van der Waals surface area contributed by atoms with E-state index < -0.39 is 5.97 Å². The van der Waals surface area contributed by atoms with Gasteiger partial charge in [-0.05, 0) is 25.4 Å². The Bertz CT molecular complexity index is 548. The minimum absolute atomic E-state index is 0. The summed E-state index contributed by atoms with van der Waals surface area (Å²) < 4.78 is 5.21. The average Bonchev–Trinajstić information content (AvgIpc) is 3.11. The molecule has 1 atom stereocenters. The number of nitrogens with zero attached hydrogens (tertiary/aromatic N) is 3. The van der Waals surface area contributed by atoms with Gasteiger partial charge in [-0.15, -0.1) is 0 Å². The second-order valence-electron chi connectivity index (χ2n) is 4.49. The summed E-state index contributed by atoms with van der Waals surface area (Å²) in [5.74, 6) is -1.16. The number of carboxylic acid groups (broad SMARTS) is 1. The van der Waals surface area contributed by atoms with Crippen LogP contribution in [0.5, 0.6) is 0 Å². The number of anilines is 1. The number of hydrogen-bond donors (Lipinski definition) is 1. The third-order valence-corrected chi connectivity index (χ3v) is 3.21. The van der Waals surface area contributed by atoms with E-state index in [1.165, 1.54) is 5.06 Å². The molecular weight excluding hydrogens is 316 g/mol. The molecule has 0 aliphatic carbocycles. The monoisotopic (exact) mass is 329 g/mol. The van der Waals surface area contributed by atoms with Gasteiger partial charge < -0.3 is 11.3 Å². The molecule has 0 bridgehead atoms. The number of carboxylic acids is 1. The van der Waals surface area contributed by atoms with Gasteiger partial charge in [-0.25, -0.2) is 14.8 Å². The Morgan fingerprint density at radius 1 is 1.57 bits per heavy atom. The Balaban J connectivity index is 0.00000220. The van der Waals surface area contributed by atoms with Crippen LogP contribution in [0.15, 0.2) is 0 Å². The van der Waals surface area contributed by atoms with Crippen LogP contribution in [0.4, 0.5) is 5.82 Å². The Morgan fingerprint density at radius 2 is 2.19 bits per heavy atom. The van der Waals surface area contributed by atoms with Crippen molar-refractivity contribution in [1.29, 1.82) is 0 Å². The summed E-state index contributed by atoms with van der Waals surface area (Å²) in [4.78, 5) is 24.1. The number of rotatable bonds is 6. The van der Waals surface area contributed by atoms with Crippen molar-refractivity contribution in [1.82, 2.24) is 9.97 Å². The summed E-state index contributed by atoms with van der Waals surface area (Å²) in [7, 11) is 0. The Hall–Kier alpha value is -0.553. The zero-order valence-electron chi connectivity index (χ0n) is 12.9. The summed E-state index contributed by atoms with van der Waals surface area (Å²) >= 11 is 11.7. The van der Waals surface area contributed by atoms with Crippen molar-refractivity contribution in [3.05, 3.63) is 16.0 Å². The fraction of sp³-hybridized carbons (Fsp3) is 0.545. The fourth-order valence-electron chi connectivity index (χ4n) is 1.44. The maximum absolute atomic E-state index is 11.1. The van der Waals surface area contributed by atoms with Crippen LogP contribution in [0.3, 0.4) is 0 Å². The molecule has 0 spiro atoms. The van der Waals surface area contributed by atoms with Gasteiger partial charge in [0.15, 0.2) is 11.5 Å². The topological polar surface area (TPSA) is 88.1 Å². The molecule has 2 heterocycles. The normalized spacial score (nSPS) is 19.8. The first kappa shape index (κ1) is 18.5. The van der Waals surface area contributed by atoms with Gasteiger partial charge in [0.25, 0.3) is 0 Å². The quantitative estimate of drug-likeness (QED) is 0.314. The maximum Gasteiger partial charge on any atom is 1.00 e. The van der Waals surface area contributed by atoms with Gasteiger partial charge in [0.05, 0.1) is 6.61 Å². The predicted molar refractivity (Wildman–Crippen MR) is 73.5 cm³/mol. The number of hydroxylamine groups is 1. The summed E-state index contributed by atoms with van der Waals surface area (Å²) in [5, 5.41) is 10.1. The van der Waals surface area contributed by atoms with Crippen molar-refractivity contribution >= 4 is 35.0 Å².